The monoisotopic (exact) mass is 376 g/mol. The number of thioether (sulfide) groups is 1. The first kappa shape index (κ1) is 18.2. The quantitative estimate of drug-likeness (QED) is 0.564. The molecule has 1 aliphatic carbocycles. The predicted molar refractivity (Wildman–Crippen MR) is 95.4 cm³/mol. The molecule has 0 atom stereocenters. The molecule has 9 heteroatoms. The van der Waals surface area contributed by atoms with E-state index >= 15 is 0 Å². The lowest BCUT2D eigenvalue weighted by atomic mass is 9.97. The molecule has 2 aromatic heterocycles. The number of hydrogen-bond donors (Lipinski definition) is 2. The van der Waals surface area contributed by atoms with Gasteiger partial charge in [-0.15, -0.1) is 10.2 Å². The maximum Gasteiger partial charge on any atom is 0.321 e. The van der Waals surface area contributed by atoms with Crippen LogP contribution in [0.3, 0.4) is 0 Å². The number of amides is 3. The zero-order valence-corrected chi connectivity index (χ0v) is 15.0. The second-order valence-corrected chi connectivity index (χ2v) is 6.73. The van der Waals surface area contributed by atoms with E-state index in [1.165, 1.54) is 24.7 Å². The molecule has 2 heterocycles. The zero-order valence-electron chi connectivity index (χ0n) is 14.2. The van der Waals surface area contributed by atoms with E-state index in [4.69, 9.17) is 8.83 Å². The molecular weight excluding hydrogens is 356 g/mol. The van der Waals surface area contributed by atoms with Gasteiger partial charge in [0.15, 0.2) is 5.76 Å². The maximum absolute atomic E-state index is 11.8. The number of imide groups is 1. The Labute approximate surface area is 154 Å². The Hall–Kier alpha value is -2.55. The number of nitrogens with zero attached hydrogens (tertiary/aromatic N) is 2. The van der Waals surface area contributed by atoms with E-state index in [1.54, 1.807) is 12.1 Å². The van der Waals surface area contributed by atoms with Crippen molar-refractivity contribution in [3.8, 4) is 11.7 Å². The number of rotatable bonds is 7. The molecule has 0 aliphatic heterocycles. The summed E-state index contributed by atoms with van der Waals surface area (Å²) in [5, 5.41) is 12.9. The minimum Gasteiger partial charge on any atom is -0.459 e. The molecule has 0 aromatic carbocycles. The topological polar surface area (TPSA) is 110 Å². The highest BCUT2D eigenvalue weighted by atomic mass is 32.2. The molecular formula is C17H20N4O4S. The standard InChI is InChI=1S/C17H20N4O4S/c22-14(19-16(23)18-9-8-12-5-2-1-3-6-12)11-26-17-21-20-15(25-17)13-7-4-10-24-13/h4-5,7,10H,1-3,6,8-9,11H2,(H2,18,19,22,23). The lowest BCUT2D eigenvalue weighted by Crippen LogP contribution is -2.40. The van der Waals surface area contributed by atoms with Crippen molar-refractivity contribution in [1.29, 1.82) is 0 Å². The lowest BCUT2D eigenvalue weighted by molar-refractivity contribution is -0.117. The van der Waals surface area contributed by atoms with Crippen LogP contribution in [0.5, 0.6) is 0 Å². The van der Waals surface area contributed by atoms with E-state index in [0.717, 1.165) is 31.0 Å². The third-order valence-corrected chi connectivity index (χ3v) is 4.65. The average molecular weight is 376 g/mol. The van der Waals surface area contributed by atoms with Crippen molar-refractivity contribution in [3.63, 3.8) is 0 Å². The average Bonchev–Trinajstić information content (AvgIpc) is 3.32. The van der Waals surface area contributed by atoms with Crippen LogP contribution in [-0.2, 0) is 4.79 Å². The predicted octanol–water partition coefficient (Wildman–Crippen LogP) is 3.14. The van der Waals surface area contributed by atoms with Crippen LogP contribution >= 0.6 is 11.8 Å². The summed E-state index contributed by atoms with van der Waals surface area (Å²) in [6.45, 7) is 0.522. The van der Waals surface area contributed by atoms with Gasteiger partial charge in [-0.05, 0) is 44.2 Å². The summed E-state index contributed by atoms with van der Waals surface area (Å²) in [6.07, 6.45) is 9.25. The number of urea groups is 1. The number of hydrogen-bond acceptors (Lipinski definition) is 7. The molecule has 0 radical (unpaired) electrons. The summed E-state index contributed by atoms with van der Waals surface area (Å²) in [4.78, 5) is 23.5. The largest absolute Gasteiger partial charge is 0.459 e. The van der Waals surface area contributed by atoms with Gasteiger partial charge in [0, 0.05) is 6.54 Å². The maximum atomic E-state index is 11.8. The second-order valence-electron chi connectivity index (χ2n) is 5.80. The first-order chi connectivity index (χ1) is 12.7. The molecule has 0 unspecified atom stereocenters. The van der Waals surface area contributed by atoms with Crippen molar-refractivity contribution < 1.29 is 18.4 Å². The van der Waals surface area contributed by atoms with Crippen LogP contribution < -0.4 is 10.6 Å². The summed E-state index contributed by atoms with van der Waals surface area (Å²) in [7, 11) is 0. The van der Waals surface area contributed by atoms with E-state index in [0.29, 0.717) is 12.3 Å². The third kappa shape index (κ3) is 5.48. The molecule has 138 valence electrons. The van der Waals surface area contributed by atoms with Crippen LogP contribution in [0.1, 0.15) is 32.1 Å². The summed E-state index contributed by atoms with van der Waals surface area (Å²) in [5.41, 5.74) is 1.38. The van der Waals surface area contributed by atoms with Gasteiger partial charge in [-0.2, -0.15) is 0 Å². The smallest absolute Gasteiger partial charge is 0.321 e. The van der Waals surface area contributed by atoms with E-state index < -0.39 is 11.9 Å². The van der Waals surface area contributed by atoms with Crippen LogP contribution in [-0.4, -0.2) is 34.4 Å². The Kier molecular flexibility index (Phi) is 6.48. The SMILES string of the molecule is O=C(CSc1nnc(-c2ccco2)o1)NC(=O)NCCC1=CCCCC1. The first-order valence-corrected chi connectivity index (χ1v) is 9.45. The summed E-state index contributed by atoms with van der Waals surface area (Å²) in [6, 6.07) is 2.92. The Morgan fingerprint density at radius 3 is 2.96 bits per heavy atom. The van der Waals surface area contributed by atoms with Gasteiger partial charge in [0.2, 0.25) is 5.91 Å². The van der Waals surface area contributed by atoms with Crippen LogP contribution in [0.25, 0.3) is 11.7 Å². The minimum absolute atomic E-state index is 0.00163. The Morgan fingerprint density at radius 1 is 1.27 bits per heavy atom. The molecule has 0 saturated heterocycles. The fourth-order valence-corrected chi connectivity index (χ4v) is 3.13. The highest BCUT2D eigenvalue weighted by molar-refractivity contribution is 7.99. The normalized spacial score (nSPS) is 13.9. The molecule has 0 saturated carbocycles. The molecule has 2 aromatic rings. The lowest BCUT2D eigenvalue weighted by Gasteiger charge is -2.12. The molecule has 0 bridgehead atoms. The van der Waals surface area contributed by atoms with Gasteiger partial charge in [0.1, 0.15) is 0 Å². The zero-order chi connectivity index (χ0) is 18.2. The summed E-state index contributed by atoms with van der Waals surface area (Å²) >= 11 is 1.05. The van der Waals surface area contributed by atoms with Crippen LogP contribution in [0, 0.1) is 0 Å². The molecule has 3 rings (SSSR count). The molecule has 0 fully saturated rings. The molecule has 0 spiro atoms. The van der Waals surface area contributed by atoms with E-state index in [-0.39, 0.29) is 16.9 Å². The molecule has 8 nitrogen and oxygen atoms in total. The van der Waals surface area contributed by atoms with Gasteiger partial charge >= 0.3 is 6.03 Å². The number of furan rings is 1. The van der Waals surface area contributed by atoms with E-state index in [2.05, 4.69) is 26.9 Å². The Bertz CT molecular complexity index is 770. The number of nitrogens with one attached hydrogen (secondary N) is 2. The van der Waals surface area contributed by atoms with Crippen molar-refractivity contribution >= 4 is 23.7 Å². The number of carbonyl (C=O) groups excluding carboxylic acids is 2. The van der Waals surface area contributed by atoms with Crippen LogP contribution in [0.2, 0.25) is 0 Å². The van der Waals surface area contributed by atoms with Crippen molar-refractivity contribution in [2.24, 2.45) is 0 Å². The van der Waals surface area contributed by atoms with Gasteiger partial charge in [0.25, 0.3) is 11.1 Å². The second kappa shape index (κ2) is 9.23. The fraction of sp³-hybridized carbons (Fsp3) is 0.412. The fourth-order valence-electron chi connectivity index (χ4n) is 2.57. The number of carbonyl (C=O) groups is 2. The highest BCUT2D eigenvalue weighted by Gasteiger charge is 2.14. The van der Waals surface area contributed by atoms with Crippen LogP contribution in [0.4, 0.5) is 4.79 Å². The van der Waals surface area contributed by atoms with Gasteiger partial charge in [0.05, 0.1) is 12.0 Å². The Morgan fingerprint density at radius 2 is 2.19 bits per heavy atom. The summed E-state index contributed by atoms with van der Waals surface area (Å²) in [5.74, 6) is 0.273. The van der Waals surface area contributed by atoms with Crippen molar-refractivity contribution in [2.75, 3.05) is 12.3 Å². The Balaban J connectivity index is 1.34. The minimum atomic E-state index is -0.492. The number of allylic oxidation sites excluding steroid dienone is 1. The van der Waals surface area contributed by atoms with E-state index in [1.807, 2.05) is 0 Å². The molecule has 1 aliphatic rings. The number of aromatic nitrogens is 2. The third-order valence-electron chi connectivity index (χ3n) is 3.83. The van der Waals surface area contributed by atoms with Gasteiger partial charge in [-0.1, -0.05) is 23.4 Å². The molecule has 3 amide bonds. The molecule has 26 heavy (non-hydrogen) atoms. The molecule has 2 N–H and O–H groups in total. The first-order valence-electron chi connectivity index (χ1n) is 8.46. The summed E-state index contributed by atoms with van der Waals surface area (Å²) < 4.78 is 10.5. The highest BCUT2D eigenvalue weighted by Crippen LogP contribution is 2.23. The van der Waals surface area contributed by atoms with Crippen molar-refractivity contribution in [3.05, 3.63) is 30.0 Å². The van der Waals surface area contributed by atoms with Gasteiger partial charge < -0.3 is 14.2 Å². The van der Waals surface area contributed by atoms with Gasteiger partial charge in [-0.25, -0.2) is 4.79 Å². The van der Waals surface area contributed by atoms with E-state index in [9.17, 15) is 9.59 Å². The van der Waals surface area contributed by atoms with Gasteiger partial charge in [-0.3, -0.25) is 10.1 Å². The van der Waals surface area contributed by atoms with Crippen molar-refractivity contribution in [1.82, 2.24) is 20.8 Å². The van der Waals surface area contributed by atoms with Crippen LogP contribution in [0.15, 0.2) is 44.1 Å². The van der Waals surface area contributed by atoms with Crippen molar-refractivity contribution in [2.45, 2.75) is 37.3 Å².